The Bertz CT molecular complexity index is 233. The standard InChI is InChI=1S/C7H6BrFO/c1-4-6(10)3-2-5(9)7(4)8/h2-3,10H,1H3. The minimum Gasteiger partial charge on any atom is -0.508 e. The van der Waals surface area contributed by atoms with Gasteiger partial charge in [-0.3, -0.25) is 0 Å². The molecule has 3 heteroatoms. The summed E-state index contributed by atoms with van der Waals surface area (Å²) in [6.07, 6.45) is 0. The Kier molecular flexibility index (Phi) is 1.94. The third kappa shape index (κ3) is 1.14. The monoisotopic (exact) mass is 204 g/mol. The van der Waals surface area contributed by atoms with Gasteiger partial charge in [-0.15, -0.1) is 0 Å². The summed E-state index contributed by atoms with van der Waals surface area (Å²) in [4.78, 5) is 0. The maximum absolute atomic E-state index is 12.6. The van der Waals surface area contributed by atoms with Gasteiger partial charge in [0.1, 0.15) is 11.6 Å². The first-order chi connectivity index (χ1) is 4.63. The summed E-state index contributed by atoms with van der Waals surface area (Å²) in [6, 6.07) is 2.54. The molecule has 0 radical (unpaired) electrons. The van der Waals surface area contributed by atoms with Crippen LogP contribution in [-0.2, 0) is 0 Å². The van der Waals surface area contributed by atoms with Crippen molar-refractivity contribution in [2.24, 2.45) is 0 Å². The Morgan fingerprint density at radius 1 is 1.50 bits per heavy atom. The molecular formula is C7H6BrFO. The Balaban J connectivity index is 3.34. The van der Waals surface area contributed by atoms with E-state index in [1.165, 1.54) is 12.1 Å². The van der Waals surface area contributed by atoms with Gasteiger partial charge in [0.2, 0.25) is 0 Å². The van der Waals surface area contributed by atoms with E-state index in [0.29, 0.717) is 10.0 Å². The van der Waals surface area contributed by atoms with Gasteiger partial charge in [0.25, 0.3) is 0 Å². The third-order valence-corrected chi connectivity index (χ3v) is 2.28. The summed E-state index contributed by atoms with van der Waals surface area (Å²) in [5.41, 5.74) is 0.528. The molecule has 0 saturated heterocycles. The lowest BCUT2D eigenvalue weighted by molar-refractivity contribution is 0.467. The van der Waals surface area contributed by atoms with Crippen LogP contribution in [0.15, 0.2) is 16.6 Å². The predicted octanol–water partition coefficient (Wildman–Crippen LogP) is 2.60. The predicted molar refractivity (Wildman–Crippen MR) is 40.5 cm³/mol. The average molecular weight is 205 g/mol. The molecule has 10 heavy (non-hydrogen) atoms. The van der Waals surface area contributed by atoms with Crippen molar-refractivity contribution in [1.82, 2.24) is 0 Å². The van der Waals surface area contributed by atoms with Crippen LogP contribution in [-0.4, -0.2) is 5.11 Å². The van der Waals surface area contributed by atoms with Crippen LogP contribution in [0.2, 0.25) is 0 Å². The number of phenols is 1. The quantitative estimate of drug-likeness (QED) is 0.690. The molecule has 1 N–H and O–H groups in total. The van der Waals surface area contributed by atoms with E-state index in [9.17, 15) is 4.39 Å². The molecule has 0 unspecified atom stereocenters. The number of phenolic OH excluding ortho intramolecular Hbond substituents is 1. The van der Waals surface area contributed by atoms with Crippen molar-refractivity contribution in [3.8, 4) is 5.75 Å². The van der Waals surface area contributed by atoms with Crippen molar-refractivity contribution >= 4 is 15.9 Å². The van der Waals surface area contributed by atoms with Crippen LogP contribution in [0.1, 0.15) is 5.56 Å². The van der Waals surface area contributed by atoms with Crippen LogP contribution in [0.5, 0.6) is 5.75 Å². The van der Waals surface area contributed by atoms with E-state index in [4.69, 9.17) is 5.11 Å². The van der Waals surface area contributed by atoms with E-state index in [-0.39, 0.29) is 11.6 Å². The molecule has 0 aliphatic carbocycles. The molecule has 0 heterocycles. The molecule has 0 fully saturated rings. The first-order valence-electron chi connectivity index (χ1n) is 2.76. The van der Waals surface area contributed by atoms with Crippen molar-refractivity contribution in [3.05, 3.63) is 28.0 Å². The van der Waals surface area contributed by atoms with Crippen molar-refractivity contribution in [2.75, 3.05) is 0 Å². The van der Waals surface area contributed by atoms with Gasteiger partial charge in [-0.25, -0.2) is 4.39 Å². The summed E-state index contributed by atoms with van der Waals surface area (Å²) in [7, 11) is 0. The fraction of sp³-hybridized carbons (Fsp3) is 0.143. The highest BCUT2D eigenvalue weighted by molar-refractivity contribution is 9.10. The van der Waals surface area contributed by atoms with E-state index in [0.717, 1.165) is 0 Å². The van der Waals surface area contributed by atoms with Crippen LogP contribution in [0.25, 0.3) is 0 Å². The van der Waals surface area contributed by atoms with Crippen molar-refractivity contribution in [3.63, 3.8) is 0 Å². The van der Waals surface area contributed by atoms with Crippen LogP contribution in [0.4, 0.5) is 4.39 Å². The van der Waals surface area contributed by atoms with Gasteiger partial charge < -0.3 is 5.11 Å². The van der Waals surface area contributed by atoms with Gasteiger partial charge >= 0.3 is 0 Å². The molecular weight excluding hydrogens is 199 g/mol. The number of benzene rings is 1. The van der Waals surface area contributed by atoms with E-state index in [2.05, 4.69) is 15.9 Å². The summed E-state index contributed by atoms with van der Waals surface area (Å²) in [5, 5.41) is 9.03. The Morgan fingerprint density at radius 2 is 2.10 bits per heavy atom. The number of hydrogen-bond donors (Lipinski definition) is 1. The molecule has 1 aromatic carbocycles. The molecule has 0 amide bonds. The highest BCUT2D eigenvalue weighted by Gasteiger charge is 2.04. The highest BCUT2D eigenvalue weighted by Crippen LogP contribution is 2.26. The Hall–Kier alpha value is -0.570. The van der Waals surface area contributed by atoms with Gasteiger partial charge in [-0.1, -0.05) is 0 Å². The molecule has 0 spiro atoms. The Morgan fingerprint density at radius 3 is 2.60 bits per heavy atom. The number of hydrogen-bond acceptors (Lipinski definition) is 1. The molecule has 0 aliphatic rings. The zero-order chi connectivity index (χ0) is 7.72. The van der Waals surface area contributed by atoms with Gasteiger partial charge in [0.15, 0.2) is 0 Å². The van der Waals surface area contributed by atoms with Crippen LogP contribution < -0.4 is 0 Å². The summed E-state index contributed by atoms with van der Waals surface area (Å²) < 4.78 is 12.9. The van der Waals surface area contributed by atoms with Gasteiger partial charge in [0, 0.05) is 5.56 Å². The minimum atomic E-state index is -0.352. The smallest absolute Gasteiger partial charge is 0.137 e. The number of aromatic hydroxyl groups is 1. The normalized spacial score (nSPS) is 9.90. The zero-order valence-corrected chi connectivity index (χ0v) is 6.94. The average Bonchev–Trinajstić information content (AvgIpc) is 1.93. The van der Waals surface area contributed by atoms with E-state index >= 15 is 0 Å². The lowest BCUT2D eigenvalue weighted by atomic mass is 10.2. The van der Waals surface area contributed by atoms with E-state index < -0.39 is 0 Å². The molecule has 1 nitrogen and oxygen atoms in total. The van der Waals surface area contributed by atoms with Crippen molar-refractivity contribution < 1.29 is 9.50 Å². The largest absolute Gasteiger partial charge is 0.508 e. The summed E-state index contributed by atoms with van der Waals surface area (Å²) >= 11 is 2.99. The molecule has 1 rings (SSSR count). The first kappa shape index (κ1) is 7.54. The Labute approximate surface area is 66.6 Å². The lowest BCUT2D eigenvalue weighted by Crippen LogP contribution is -1.81. The molecule has 54 valence electrons. The minimum absolute atomic E-state index is 0.105. The zero-order valence-electron chi connectivity index (χ0n) is 5.36. The molecule has 1 aromatic rings. The maximum atomic E-state index is 12.6. The maximum Gasteiger partial charge on any atom is 0.137 e. The molecule has 0 saturated carbocycles. The second kappa shape index (κ2) is 2.58. The second-order valence-electron chi connectivity index (χ2n) is 2.01. The van der Waals surface area contributed by atoms with Crippen molar-refractivity contribution in [1.29, 1.82) is 0 Å². The summed E-state index contributed by atoms with van der Waals surface area (Å²) in [6.45, 7) is 1.64. The van der Waals surface area contributed by atoms with Gasteiger partial charge in [-0.05, 0) is 35.0 Å². The molecule has 0 aliphatic heterocycles. The van der Waals surface area contributed by atoms with Gasteiger partial charge in [-0.2, -0.15) is 0 Å². The van der Waals surface area contributed by atoms with Crippen molar-refractivity contribution in [2.45, 2.75) is 6.92 Å². The molecule has 0 bridgehead atoms. The van der Waals surface area contributed by atoms with Crippen LogP contribution in [0, 0.1) is 12.7 Å². The fourth-order valence-electron chi connectivity index (χ4n) is 0.642. The van der Waals surface area contributed by atoms with E-state index in [1.54, 1.807) is 6.92 Å². The van der Waals surface area contributed by atoms with E-state index in [1.807, 2.05) is 0 Å². The first-order valence-corrected chi connectivity index (χ1v) is 3.56. The van der Waals surface area contributed by atoms with Gasteiger partial charge in [0.05, 0.1) is 4.47 Å². The lowest BCUT2D eigenvalue weighted by Gasteiger charge is -2.00. The fourth-order valence-corrected chi connectivity index (χ4v) is 0.977. The SMILES string of the molecule is Cc1c(O)ccc(F)c1Br. The van der Waals surface area contributed by atoms with Crippen LogP contribution in [0.3, 0.4) is 0 Å². The summed E-state index contributed by atoms with van der Waals surface area (Å²) in [5.74, 6) is -0.247. The number of rotatable bonds is 0. The second-order valence-corrected chi connectivity index (χ2v) is 2.80. The third-order valence-electron chi connectivity index (χ3n) is 1.31. The number of halogens is 2. The molecule has 0 aromatic heterocycles. The topological polar surface area (TPSA) is 20.2 Å². The molecule has 0 atom stereocenters. The highest BCUT2D eigenvalue weighted by atomic mass is 79.9. The van der Waals surface area contributed by atoms with Crippen LogP contribution >= 0.6 is 15.9 Å².